The molecule has 2 N–H and O–H groups in total. The quantitative estimate of drug-likeness (QED) is 0.425. The number of methoxy groups -OCH3 is 1. The number of carboxylic acid groups (broad SMARTS) is 1. The lowest BCUT2D eigenvalue weighted by atomic mass is 9.87. The standard InChI is InChI=1S/C19H27NO11/c1-9-10(20-17(24)31-19(2,3)4)6-11(16(23)26-5)29-14(9)15(27-8-13(21)22)12-7-28-18(25)30-12/h6,9-10,12,14-15H,7-8H2,1-5H3,(H,20,24)(H,21,22)/t9-,10+,12-,14-,15-/m1/s1. The minimum atomic E-state index is -1.26. The number of carbonyl (C=O) groups is 4. The van der Waals surface area contributed by atoms with Crippen molar-refractivity contribution in [2.24, 2.45) is 5.92 Å². The van der Waals surface area contributed by atoms with E-state index in [0.717, 1.165) is 7.11 Å². The number of carbonyl (C=O) groups excluding carboxylic acids is 3. The Morgan fingerprint density at radius 3 is 2.48 bits per heavy atom. The van der Waals surface area contributed by atoms with Crippen LogP contribution in [0.1, 0.15) is 27.7 Å². The number of alkyl carbamates (subject to hydrolysis) is 1. The van der Waals surface area contributed by atoms with Crippen LogP contribution in [-0.2, 0) is 38.0 Å². The zero-order valence-corrected chi connectivity index (χ0v) is 17.9. The molecule has 0 aliphatic carbocycles. The lowest BCUT2D eigenvalue weighted by Crippen LogP contribution is -2.55. The molecule has 2 aliphatic rings. The van der Waals surface area contributed by atoms with Crippen molar-refractivity contribution in [1.29, 1.82) is 0 Å². The topological polar surface area (TPSA) is 156 Å². The van der Waals surface area contributed by atoms with E-state index in [0.29, 0.717) is 0 Å². The van der Waals surface area contributed by atoms with Crippen LogP contribution in [0.5, 0.6) is 0 Å². The van der Waals surface area contributed by atoms with E-state index in [-0.39, 0.29) is 12.4 Å². The third kappa shape index (κ3) is 6.74. The van der Waals surface area contributed by atoms with Crippen LogP contribution >= 0.6 is 0 Å². The number of rotatable bonds is 7. The van der Waals surface area contributed by atoms with Crippen molar-refractivity contribution < 1.29 is 52.7 Å². The highest BCUT2D eigenvalue weighted by Gasteiger charge is 2.47. The third-order valence-corrected chi connectivity index (χ3v) is 4.45. The van der Waals surface area contributed by atoms with E-state index >= 15 is 0 Å². The number of cyclic esters (lactones) is 2. The Morgan fingerprint density at radius 2 is 1.97 bits per heavy atom. The highest BCUT2D eigenvalue weighted by atomic mass is 16.8. The number of esters is 1. The molecule has 2 aliphatic heterocycles. The summed E-state index contributed by atoms with van der Waals surface area (Å²) in [5.41, 5.74) is -0.755. The largest absolute Gasteiger partial charge is 0.508 e. The summed E-state index contributed by atoms with van der Waals surface area (Å²) in [4.78, 5) is 46.9. The van der Waals surface area contributed by atoms with Crippen LogP contribution in [0, 0.1) is 5.92 Å². The van der Waals surface area contributed by atoms with Gasteiger partial charge in [-0.1, -0.05) is 6.92 Å². The van der Waals surface area contributed by atoms with Gasteiger partial charge in [-0.25, -0.2) is 19.2 Å². The molecule has 1 saturated heterocycles. The Bertz CT molecular complexity index is 742. The Kier molecular flexibility index (Phi) is 7.71. The molecule has 1 amide bonds. The van der Waals surface area contributed by atoms with Gasteiger partial charge in [0.15, 0.2) is 6.10 Å². The molecule has 5 atom stereocenters. The lowest BCUT2D eigenvalue weighted by Gasteiger charge is -2.39. The fraction of sp³-hybridized carbons (Fsp3) is 0.684. The predicted octanol–water partition coefficient (Wildman–Crippen LogP) is 0.977. The Morgan fingerprint density at radius 1 is 1.29 bits per heavy atom. The minimum absolute atomic E-state index is 0.197. The van der Waals surface area contributed by atoms with Crippen LogP contribution in [0.2, 0.25) is 0 Å². The first-order chi connectivity index (χ1) is 14.4. The normalized spacial score (nSPS) is 26.5. The van der Waals surface area contributed by atoms with Gasteiger partial charge >= 0.3 is 24.2 Å². The fourth-order valence-corrected chi connectivity index (χ4v) is 3.10. The van der Waals surface area contributed by atoms with Gasteiger partial charge in [0.25, 0.3) is 0 Å². The van der Waals surface area contributed by atoms with Gasteiger partial charge < -0.3 is 38.8 Å². The van der Waals surface area contributed by atoms with Crippen LogP contribution in [0.3, 0.4) is 0 Å². The van der Waals surface area contributed by atoms with Crippen molar-refractivity contribution in [3.8, 4) is 0 Å². The number of ether oxygens (including phenoxy) is 6. The average molecular weight is 445 g/mol. The summed E-state index contributed by atoms with van der Waals surface area (Å²) in [7, 11) is 1.15. The summed E-state index contributed by atoms with van der Waals surface area (Å²) in [6, 6.07) is -0.767. The van der Waals surface area contributed by atoms with Crippen LogP contribution < -0.4 is 5.32 Å². The second-order valence-corrected chi connectivity index (χ2v) is 8.02. The van der Waals surface area contributed by atoms with Gasteiger partial charge in [-0.3, -0.25) is 0 Å². The molecular weight excluding hydrogens is 418 g/mol. The van der Waals surface area contributed by atoms with E-state index in [2.05, 4.69) is 5.32 Å². The summed E-state index contributed by atoms with van der Waals surface area (Å²) >= 11 is 0. The summed E-state index contributed by atoms with van der Waals surface area (Å²) in [5.74, 6) is -2.85. The maximum absolute atomic E-state index is 12.3. The van der Waals surface area contributed by atoms with Gasteiger partial charge in [-0.15, -0.1) is 0 Å². The summed E-state index contributed by atoms with van der Waals surface area (Å²) in [5, 5.41) is 11.7. The number of hydrogen-bond donors (Lipinski definition) is 2. The Balaban J connectivity index is 2.31. The van der Waals surface area contributed by atoms with Crippen molar-refractivity contribution in [1.82, 2.24) is 5.32 Å². The van der Waals surface area contributed by atoms with Crippen LogP contribution in [0.25, 0.3) is 0 Å². The number of carboxylic acids is 1. The van der Waals surface area contributed by atoms with Crippen molar-refractivity contribution in [3.05, 3.63) is 11.8 Å². The molecule has 0 aromatic rings. The highest BCUT2D eigenvalue weighted by Crippen LogP contribution is 2.31. The molecular formula is C19H27NO11. The maximum Gasteiger partial charge on any atom is 0.508 e. The van der Waals surface area contributed by atoms with Crippen LogP contribution in [-0.4, -0.2) is 79.6 Å². The van der Waals surface area contributed by atoms with Gasteiger partial charge in [0.05, 0.1) is 13.2 Å². The summed E-state index contributed by atoms with van der Waals surface area (Å²) in [6.45, 7) is 5.87. The van der Waals surface area contributed by atoms with E-state index in [4.69, 9.17) is 33.5 Å². The molecule has 174 valence electrons. The van der Waals surface area contributed by atoms with Gasteiger partial charge in [0.2, 0.25) is 5.76 Å². The molecule has 12 nitrogen and oxygen atoms in total. The summed E-state index contributed by atoms with van der Waals surface area (Å²) < 4.78 is 31.0. The molecule has 2 rings (SSSR count). The van der Waals surface area contributed by atoms with E-state index < -0.39 is 66.7 Å². The summed E-state index contributed by atoms with van der Waals surface area (Å²) in [6.07, 6.45) is -3.42. The van der Waals surface area contributed by atoms with E-state index in [1.807, 2.05) is 0 Å². The first-order valence-corrected chi connectivity index (χ1v) is 9.54. The SMILES string of the molecule is COC(=O)C1=C[C@H](NC(=O)OC(C)(C)C)[C@@H](C)[C@H]([C@H](OCC(=O)O)[C@H]2COC(=O)O2)O1. The molecule has 0 radical (unpaired) electrons. The van der Waals surface area contributed by atoms with E-state index in [1.54, 1.807) is 27.7 Å². The average Bonchev–Trinajstić information content (AvgIpc) is 3.08. The second-order valence-electron chi connectivity index (χ2n) is 8.02. The predicted molar refractivity (Wildman–Crippen MR) is 101 cm³/mol. The number of nitrogens with one attached hydrogen (secondary N) is 1. The molecule has 31 heavy (non-hydrogen) atoms. The van der Waals surface area contributed by atoms with Crippen LogP contribution in [0.4, 0.5) is 9.59 Å². The molecule has 0 aromatic carbocycles. The zero-order chi connectivity index (χ0) is 23.3. The molecule has 2 heterocycles. The van der Waals surface area contributed by atoms with Crippen molar-refractivity contribution >= 4 is 24.2 Å². The van der Waals surface area contributed by atoms with Gasteiger partial charge in [0.1, 0.15) is 31.0 Å². The van der Waals surface area contributed by atoms with Gasteiger partial charge in [0, 0.05) is 5.92 Å². The van der Waals surface area contributed by atoms with Crippen molar-refractivity contribution in [2.45, 2.75) is 57.6 Å². The monoisotopic (exact) mass is 445 g/mol. The van der Waals surface area contributed by atoms with E-state index in [9.17, 15) is 19.2 Å². The molecule has 0 saturated carbocycles. The number of amides is 1. The minimum Gasteiger partial charge on any atom is -0.480 e. The second kappa shape index (κ2) is 9.86. The smallest absolute Gasteiger partial charge is 0.480 e. The Hall–Kier alpha value is -3.02. The number of hydrogen-bond acceptors (Lipinski definition) is 10. The van der Waals surface area contributed by atoms with Crippen molar-refractivity contribution in [2.75, 3.05) is 20.3 Å². The fourth-order valence-electron chi connectivity index (χ4n) is 3.10. The van der Waals surface area contributed by atoms with Crippen molar-refractivity contribution in [3.63, 3.8) is 0 Å². The van der Waals surface area contributed by atoms with Gasteiger partial charge in [-0.05, 0) is 26.8 Å². The molecule has 0 spiro atoms. The lowest BCUT2D eigenvalue weighted by molar-refractivity contribution is -0.163. The van der Waals surface area contributed by atoms with Gasteiger partial charge in [-0.2, -0.15) is 0 Å². The third-order valence-electron chi connectivity index (χ3n) is 4.45. The maximum atomic E-state index is 12.3. The zero-order valence-electron chi connectivity index (χ0n) is 17.9. The molecule has 0 unspecified atom stereocenters. The first-order valence-electron chi connectivity index (χ1n) is 9.54. The molecule has 0 aromatic heterocycles. The van der Waals surface area contributed by atoms with E-state index in [1.165, 1.54) is 6.08 Å². The molecule has 1 fully saturated rings. The first kappa shape index (κ1) is 24.3. The molecule has 0 bridgehead atoms. The highest BCUT2D eigenvalue weighted by molar-refractivity contribution is 5.86. The van der Waals surface area contributed by atoms with Crippen LogP contribution in [0.15, 0.2) is 11.8 Å². The number of aliphatic carboxylic acids is 1. The molecule has 12 heteroatoms. The Labute approximate surface area is 178 Å².